The zero-order chi connectivity index (χ0) is 12.5. The fourth-order valence-corrected chi connectivity index (χ4v) is 1.95. The third-order valence-electron chi connectivity index (χ3n) is 2.96. The number of nitrogens with zero attached hydrogens (tertiary/aromatic N) is 1. The molecule has 0 aliphatic carbocycles. The van der Waals surface area contributed by atoms with Crippen molar-refractivity contribution in [3.05, 3.63) is 66.0 Å². The summed E-state index contributed by atoms with van der Waals surface area (Å²) in [6, 6.07) is 14.7. The number of aromatic nitrogens is 1. The van der Waals surface area contributed by atoms with Crippen molar-refractivity contribution in [2.45, 2.75) is 25.8 Å². The van der Waals surface area contributed by atoms with E-state index in [9.17, 15) is 0 Å². The number of unbranched alkanes of at least 4 members (excludes halogenated alkanes) is 1. The van der Waals surface area contributed by atoms with Crippen LogP contribution < -0.4 is 5.32 Å². The summed E-state index contributed by atoms with van der Waals surface area (Å²) in [5, 5.41) is 3.47. The topological polar surface area (TPSA) is 24.9 Å². The largest absolute Gasteiger partial charge is 0.313 e. The van der Waals surface area contributed by atoms with Crippen LogP contribution in [0.5, 0.6) is 0 Å². The molecule has 1 aromatic heterocycles. The van der Waals surface area contributed by atoms with Gasteiger partial charge in [-0.05, 0) is 43.0 Å². The molecule has 0 fully saturated rings. The van der Waals surface area contributed by atoms with E-state index in [0.717, 1.165) is 19.5 Å². The first-order valence-electron chi connectivity index (χ1n) is 6.59. The molecule has 2 nitrogen and oxygen atoms in total. The number of nitrogens with one attached hydrogen (secondary N) is 1. The number of hydrogen-bond donors (Lipinski definition) is 1. The highest BCUT2D eigenvalue weighted by atomic mass is 14.8. The van der Waals surface area contributed by atoms with E-state index in [1.54, 1.807) is 0 Å². The Hall–Kier alpha value is -1.67. The van der Waals surface area contributed by atoms with Crippen LogP contribution in [0.25, 0.3) is 0 Å². The molecule has 0 radical (unpaired) electrons. The Morgan fingerprint density at radius 3 is 2.50 bits per heavy atom. The lowest BCUT2D eigenvalue weighted by Gasteiger charge is -2.05. The van der Waals surface area contributed by atoms with E-state index < -0.39 is 0 Å². The van der Waals surface area contributed by atoms with Crippen LogP contribution >= 0.6 is 0 Å². The molecule has 1 heterocycles. The Kier molecular flexibility index (Phi) is 5.41. The van der Waals surface area contributed by atoms with E-state index in [0.29, 0.717) is 0 Å². The highest BCUT2D eigenvalue weighted by Crippen LogP contribution is 2.02. The van der Waals surface area contributed by atoms with E-state index in [1.807, 2.05) is 18.5 Å². The second-order valence-corrected chi connectivity index (χ2v) is 4.48. The van der Waals surface area contributed by atoms with Gasteiger partial charge < -0.3 is 5.32 Å². The smallest absolute Gasteiger partial charge is 0.0299 e. The lowest BCUT2D eigenvalue weighted by Crippen LogP contribution is -2.14. The van der Waals surface area contributed by atoms with Crippen molar-refractivity contribution in [3.63, 3.8) is 0 Å². The molecule has 94 valence electrons. The normalized spacial score (nSPS) is 10.4. The van der Waals surface area contributed by atoms with Crippen molar-refractivity contribution in [2.24, 2.45) is 0 Å². The minimum atomic E-state index is 0.966. The first kappa shape index (κ1) is 12.8. The predicted molar refractivity (Wildman–Crippen MR) is 75.3 cm³/mol. The first-order valence-corrected chi connectivity index (χ1v) is 6.59. The number of hydrogen-bond acceptors (Lipinski definition) is 2. The lowest BCUT2D eigenvalue weighted by atomic mass is 10.1. The van der Waals surface area contributed by atoms with Gasteiger partial charge in [0.2, 0.25) is 0 Å². The maximum atomic E-state index is 4.12. The van der Waals surface area contributed by atoms with Crippen molar-refractivity contribution in [1.29, 1.82) is 0 Å². The molecule has 0 bridgehead atoms. The van der Waals surface area contributed by atoms with Gasteiger partial charge in [0.05, 0.1) is 0 Å². The minimum Gasteiger partial charge on any atom is -0.313 e. The highest BCUT2D eigenvalue weighted by molar-refractivity contribution is 5.14. The van der Waals surface area contributed by atoms with Crippen molar-refractivity contribution in [2.75, 3.05) is 6.54 Å². The molecule has 0 amide bonds. The summed E-state index contributed by atoms with van der Waals surface area (Å²) in [5.41, 5.74) is 2.69. The first-order chi connectivity index (χ1) is 8.95. The average molecular weight is 240 g/mol. The summed E-state index contributed by atoms with van der Waals surface area (Å²) in [5.74, 6) is 0. The van der Waals surface area contributed by atoms with Gasteiger partial charge >= 0.3 is 0 Å². The summed E-state index contributed by atoms with van der Waals surface area (Å²) in [6.45, 7) is 2.04. The molecule has 18 heavy (non-hydrogen) atoms. The van der Waals surface area contributed by atoms with Crippen LogP contribution in [0.15, 0.2) is 54.9 Å². The highest BCUT2D eigenvalue weighted by Gasteiger charge is 1.94. The van der Waals surface area contributed by atoms with Crippen LogP contribution in [-0.4, -0.2) is 11.5 Å². The average Bonchev–Trinajstić information content (AvgIpc) is 2.45. The van der Waals surface area contributed by atoms with E-state index in [4.69, 9.17) is 0 Å². The van der Waals surface area contributed by atoms with E-state index in [2.05, 4.69) is 46.7 Å². The van der Waals surface area contributed by atoms with Gasteiger partial charge in [-0.2, -0.15) is 0 Å². The molecule has 0 saturated carbocycles. The Morgan fingerprint density at radius 1 is 0.889 bits per heavy atom. The van der Waals surface area contributed by atoms with Gasteiger partial charge in [0.15, 0.2) is 0 Å². The van der Waals surface area contributed by atoms with Gasteiger partial charge in [0, 0.05) is 18.9 Å². The summed E-state index contributed by atoms with van der Waals surface area (Å²) >= 11 is 0. The number of aryl methyl sites for hydroxylation is 1. The molecule has 2 aromatic rings. The minimum absolute atomic E-state index is 0.966. The standard InChI is InChI=1S/C16H20N2/c1-2-7-15(8-3-1)13-17-11-5-4-9-16-10-6-12-18-14-16/h1-3,6-8,10,12,14,17H,4-5,9,11,13H2. The molecule has 0 aliphatic rings. The van der Waals surface area contributed by atoms with Gasteiger partial charge in [-0.15, -0.1) is 0 Å². The maximum Gasteiger partial charge on any atom is 0.0299 e. The maximum absolute atomic E-state index is 4.12. The van der Waals surface area contributed by atoms with Crippen molar-refractivity contribution in [3.8, 4) is 0 Å². The zero-order valence-electron chi connectivity index (χ0n) is 10.7. The molecule has 0 saturated heterocycles. The molecule has 0 unspecified atom stereocenters. The van der Waals surface area contributed by atoms with Crippen molar-refractivity contribution < 1.29 is 0 Å². The second kappa shape index (κ2) is 7.62. The molecule has 2 heteroatoms. The summed E-state index contributed by atoms with van der Waals surface area (Å²) in [4.78, 5) is 4.12. The Balaban J connectivity index is 1.54. The summed E-state index contributed by atoms with van der Waals surface area (Å²) in [7, 11) is 0. The quantitative estimate of drug-likeness (QED) is 0.752. The van der Waals surface area contributed by atoms with Crippen molar-refractivity contribution in [1.82, 2.24) is 10.3 Å². The van der Waals surface area contributed by atoms with Gasteiger partial charge in [0.1, 0.15) is 0 Å². The van der Waals surface area contributed by atoms with Crippen LogP contribution in [0.1, 0.15) is 24.0 Å². The van der Waals surface area contributed by atoms with Crippen LogP contribution in [0.3, 0.4) is 0 Å². The predicted octanol–water partition coefficient (Wildman–Crippen LogP) is 3.19. The number of benzene rings is 1. The summed E-state index contributed by atoms with van der Waals surface area (Å²) < 4.78 is 0. The van der Waals surface area contributed by atoms with Crippen LogP contribution in [0.4, 0.5) is 0 Å². The van der Waals surface area contributed by atoms with Gasteiger partial charge in [-0.25, -0.2) is 0 Å². The molecule has 0 spiro atoms. The van der Waals surface area contributed by atoms with E-state index in [1.165, 1.54) is 24.0 Å². The molecule has 1 aromatic carbocycles. The Bertz CT molecular complexity index is 382. The van der Waals surface area contributed by atoms with Crippen LogP contribution in [0.2, 0.25) is 0 Å². The fourth-order valence-electron chi connectivity index (χ4n) is 1.95. The summed E-state index contributed by atoms with van der Waals surface area (Å²) in [6.07, 6.45) is 7.33. The lowest BCUT2D eigenvalue weighted by molar-refractivity contribution is 0.622. The molecular weight excluding hydrogens is 220 g/mol. The Morgan fingerprint density at radius 2 is 1.72 bits per heavy atom. The van der Waals surface area contributed by atoms with Gasteiger partial charge in [0.25, 0.3) is 0 Å². The monoisotopic (exact) mass is 240 g/mol. The third-order valence-corrected chi connectivity index (χ3v) is 2.96. The molecule has 0 aliphatic heterocycles. The molecule has 2 rings (SSSR count). The van der Waals surface area contributed by atoms with E-state index in [-0.39, 0.29) is 0 Å². The molecular formula is C16H20N2. The van der Waals surface area contributed by atoms with Crippen molar-refractivity contribution >= 4 is 0 Å². The third kappa shape index (κ3) is 4.68. The fraction of sp³-hybridized carbons (Fsp3) is 0.312. The SMILES string of the molecule is c1ccc(CNCCCCc2cccnc2)cc1. The molecule has 1 N–H and O–H groups in total. The number of rotatable bonds is 7. The number of pyridine rings is 1. The second-order valence-electron chi connectivity index (χ2n) is 4.48. The van der Waals surface area contributed by atoms with Gasteiger partial charge in [-0.3, -0.25) is 4.98 Å². The zero-order valence-corrected chi connectivity index (χ0v) is 10.7. The van der Waals surface area contributed by atoms with E-state index >= 15 is 0 Å². The van der Waals surface area contributed by atoms with Gasteiger partial charge in [-0.1, -0.05) is 36.4 Å². The Labute approximate surface area is 109 Å². The molecule has 0 atom stereocenters. The van der Waals surface area contributed by atoms with Crippen LogP contribution in [0, 0.1) is 0 Å². The van der Waals surface area contributed by atoms with Crippen LogP contribution in [-0.2, 0) is 13.0 Å².